The second-order valence-electron chi connectivity index (χ2n) is 5.07. The summed E-state index contributed by atoms with van der Waals surface area (Å²) in [6, 6.07) is 7.92. The van der Waals surface area contributed by atoms with E-state index in [0.717, 1.165) is 37.2 Å². The van der Waals surface area contributed by atoms with Crippen molar-refractivity contribution >= 4 is 0 Å². The van der Waals surface area contributed by atoms with Gasteiger partial charge in [0.2, 0.25) is 0 Å². The van der Waals surface area contributed by atoms with E-state index in [4.69, 9.17) is 14.2 Å². The van der Waals surface area contributed by atoms with E-state index < -0.39 is 0 Å². The minimum atomic E-state index is -0.231. The topological polar surface area (TPSA) is 27.7 Å². The van der Waals surface area contributed by atoms with Crippen molar-refractivity contribution in [1.29, 1.82) is 0 Å². The zero-order valence-corrected chi connectivity index (χ0v) is 12.1. The van der Waals surface area contributed by atoms with Crippen molar-refractivity contribution in [3.63, 3.8) is 0 Å². The SMILES string of the molecule is CCCC1OC(c2ccc(OC)cc2)OCC1CC. The summed E-state index contributed by atoms with van der Waals surface area (Å²) in [5.74, 6) is 1.38. The van der Waals surface area contributed by atoms with Crippen molar-refractivity contribution in [2.24, 2.45) is 5.92 Å². The Balaban J connectivity index is 2.04. The summed E-state index contributed by atoms with van der Waals surface area (Å²) in [4.78, 5) is 0. The van der Waals surface area contributed by atoms with Crippen LogP contribution in [0.25, 0.3) is 0 Å². The number of methoxy groups -OCH3 is 1. The highest BCUT2D eigenvalue weighted by Gasteiger charge is 2.30. The van der Waals surface area contributed by atoms with Crippen LogP contribution in [0.5, 0.6) is 5.75 Å². The van der Waals surface area contributed by atoms with Gasteiger partial charge in [0.05, 0.1) is 19.8 Å². The Labute approximate surface area is 115 Å². The molecule has 3 atom stereocenters. The molecule has 0 amide bonds. The third-order valence-corrected chi connectivity index (χ3v) is 3.77. The van der Waals surface area contributed by atoms with Gasteiger partial charge in [-0.3, -0.25) is 0 Å². The molecule has 3 unspecified atom stereocenters. The molecule has 106 valence electrons. The average Bonchev–Trinajstić information content (AvgIpc) is 2.47. The van der Waals surface area contributed by atoms with Crippen LogP contribution < -0.4 is 4.74 Å². The largest absolute Gasteiger partial charge is 0.497 e. The van der Waals surface area contributed by atoms with Gasteiger partial charge in [0, 0.05) is 11.5 Å². The zero-order valence-electron chi connectivity index (χ0n) is 12.1. The highest BCUT2D eigenvalue weighted by Crippen LogP contribution is 2.33. The lowest BCUT2D eigenvalue weighted by Crippen LogP contribution is -2.35. The number of benzene rings is 1. The molecular formula is C16H24O3. The summed E-state index contributed by atoms with van der Waals surface area (Å²) in [7, 11) is 1.67. The lowest BCUT2D eigenvalue weighted by molar-refractivity contribution is -0.243. The van der Waals surface area contributed by atoms with Crippen molar-refractivity contribution < 1.29 is 14.2 Å². The molecule has 1 fully saturated rings. The molecular weight excluding hydrogens is 240 g/mol. The van der Waals surface area contributed by atoms with Gasteiger partial charge in [-0.15, -0.1) is 0 Å². The van der Waals surface area contributed by atoms with Crippen molar-refractivity contribution in [2.75, 3.05) is 13.7 Å². The molecule has 19 heavy (non-hydrogen) atoms. The van der Waals surface area contributed by atoms with Gasteiger partial charge in [0.15, 0.2) is 6.29 Å². The van der Waals surface area contributed by atoms with E-state index in [9.17, 15) is 0 Å². The van der Waals surface area contributed by atoms with Crippen molar-refractivity contribution in [1.82, 2.24) is 0 Å². The number of ether oxygens (including phenoxy) is 3. The molecule has 0 spiro atoms. The van der Waals surface area contributed by atoms with Crippen LogP contribution in [-0.2, 0) is 9.47 Å². The van der Waals surface area contributed by atoms with Gasteiger partial charge in [-0.05, 0) is 25.0 Å². The molecule has 0 aliphatic carbocycles. The second-order valence-corrected chi connectivity index (χ2v) is 5.07. The maximum atomic E-state index is 6.13. The summed E-state index contributed by atoms with van der Waals surface area (Å²) in [6.45, 7) is 5.19. The fourth-order valence-corrected chi connectivity index (χ4v) is 2.53. The van der Waals surface area contributed by atoms with E-state index in [1.807, 2.05) is 24.3 Å². The van der Waals surface area contributed by atoms with E-state index in [0.29, 0.717) is 12.0 Å². The Morgan fingerprint density at radius 2 is 1.95 bits per heavy atom. The Bertz CT molecular complexity index is 374. The molecule has 1 saturated heterocycles. The minimum Gasteiger partial charge on any atom is -0.497 e. The molecule has 0 aromatic heterocycles. The molecule has 1 heterocycles. The summed E-state index contributed by atoms with van der Waals surface area (Å²) in [5, 5.41) is 0. The van der Waals surface area contributed by atoms with Crippen molar-refractivity contribution in [3.05, 3.63) is 29.8 Å². The van der Waals surface area contributed by atoms with Gasteiger partial charge in [0.25, 0.3) is 0 Å². The fourth-order valence-electron chi connectivity index (χ4n) is 2.53. The van der Waals surface area contributed by atoms with Gasteiger partial charge >= 0.3 is 0 Å². The van der Waals surface area contributed by atoms with Gasteiger partial charge in [0.1, 0.15) is 5.75 Å². The molecule has 0 bridgehead atoms. The number of hydrogen-bond donors (Lipinski definition) is 0. The summed E-state index contributed by atoms with van der Waals surface area (Å²) in [5.41, 5.74) is 1.07. The Morgan fingerprint density at radius 1 is 1.21 bits per heavy atom. The van der Waals surface area contributed by atoms with Gasteiger partial charge in [-0.1, -0.05) is 32.4 Å². The zero-order chi connectivity index (χ0) is 13.7. The van der Waals surface area contributed by atoms with E-state index in [1.165, 1.54) is 0 Å². The van der Waals surface area contributed by atoms with Gasteiger partial charge < -0.3 is 14.2 Å². The monoisotopic (exact) mass is 264 g/mol. The standard InChI is InChI=1S/C16H24O3/c1-4-6-15-12(5-2)11-18-16(19-15)13-7-9-14(17-3)10-8-13/h7-10,12,15-16H,4-6,11H2,1-3H3. The Morgan fingerprint density at radius 3 is 2.53 bits per heavy atom. The van der Waals surface area contributed by atoms with E-state index in [2.05, 4.69) is 13.8 Å². The minimum absolute atomic E-state index is 0.231. The van der Waals surface area contributed by atoms with Crippen LogP contribution in [-0.4, -0.2) is 19.8 Å². The van der Waals surface area contributed by atoms with E-state index in [1.54, 1.807) is 7.11 Å². The normalized spacial score (nSPS) is 27.2. The first-order chi connectivity index (χ1) is 9.28. The Kier molecular flexibility index (Phi) is 5.23. The quantitative estimate of drug-likeness (QED) is 0.806. The van der Waals surface area contributed by atoms with Crippen LogP contribution >= 0.6 is 0 Å². The Hall–Kier alpha value is -1.06. The average molecular weight is 264 g/mol. The lowest BCUT2D eigenvalue weighted by atomic mass is 9.95. The second kappa shape index (κ2) is 6.92. The first kappa shape index (κ1) is 14.4. The predicted octanol–water partition coefficient (Wildman–Crippen LogP) is 3.94. The van der Waals surface area contributed by atoms with Crippen molar-refractivity contribution in [3.8, 4) is 5.75 Å². The fraction of sp³-hybridized carbons (Fsp3) is 0.625. The molecule has 0 N–H and O–H groups in total. The van der Waals surface area contributed by atoms with E-state index >= 15 is 0 Å². The number of rotatable bonds is 5. The van der Waals surface area contributed by atoms with Crippen LogP contribution in [0.15, 0.2) is 24.3 Å². The summed E-state index contributed by atoms with van der Waals surface area (Å²) >= 11 is 0. The number of hydrogen-bond acceptors (Lipinski definition) is 3. The van der Waals surface area contributed by atoms with Gasteiger partial charge in [-0.25, -0.2) is 0 Å². The third-order valence-electron chi connectivity index (χ3n) is 3.77. The van der Waals surface area contributed by atoms with Crippen LogP contribution in [0, 0.1) is 5.92 Å². The molecule has 0 radical (unpaired) electrons. The first-order valence-corrected chi connectivity index (χ1v) is 7.19. The van der Waals surface area contributed by atoms with Crippen LogP contribution in [0.4, 0.5) is 0 Å². The highest BCUT2D eigenvalue weighted by molar-refractivity contribution is 5.27. The predicted molar refractivity (Wildman–Crippen MR) is 75.2 cm³/mol. The lowest BCUT2D eigenvalue weighted by Gasteiger charge is -2.36. The first-order valence-electron chi connectivity index (χ1n) is 7.19. The highest BCUT2D eigenvalue weighted by atomic mass is 16.7. The van der Waals surface area contributed by atoms with E-state index in [-0.39, 0.29) is 6.29 Å². The molecule has 1 aliphatic rings. The maximum absolute atomic E-state index is 6.13. The third kappa shape index (κ3) is 3.48. The maximum Gasteiger partial charge on any atom is 0.184 e. The van der Waals surface area contributed by atoms with Gasteiger partial charge in [-0.2, -0.15) is 0 Å². The van der Waals surface area contributed by atoms with Crippen LogP contribution in [0.3, 0.4) is 0 Å². The summed E-state index contributed by atoms with van der Waals surface area (Å²) in [6.07, 6.45) is 3.45. The smallest absolute Gasteiger partial charge is 0.184 e. The van der Waals surface area contributed by atoms with Crippen LogP contribution in [0.2, 0.25) is 0 Å². The van der Waals surface area contributed by atoms with Crippen molar-refractivity contribution in [2.45, 2.75) is 45.5 Å². The molecule has 3 nitrogen and oxygen atoms in total. The molecule has 3 heteroatoms. The molecule has 1 aromatic rings. The molecule has 0 saturated carbocycles. The summed E-state index contributed by atoms with van der Waals surface area (Å²) < 4.78 is 17.2. The molecule has 1 aliphatic heterocycles. The molecule has 2 rings (SSSR count). The van der Waals surface area contributed by atoms with Crippen LogP contribution in [0.1, 0.15) is 45.0 Å². The molecule has 1 aromatic carbocycles.